The Balaban J connectivity index is 1.36. The molecule has 3 aromatic heterocycles. The number of nitrogens with zero attached hydrogens (tertiary/aromatic N) is 6. The third-order valence-electron chi connectivity index (χ3n) is 5.53. The van der Waals surface area contributed by atoms with E-state index in [0.29, 0.717) is 24.6 Å². The molecule has 150 valence electrons. The predicted molar refractivity (Wildman–Crippen MR) is 114 cm³/mol. The van der Waals surface area contributed by atoms with Gasteiger partial charge in [0, 0.05) is 69.1 Å². The lowest BCUT2D eigenvalue weighted by Gasteiger charge is -2.34. The van der Waals surface area contributed by atoms with Crippen molar-refractivity contribution in [1.82, 2.24) is 29.3 Å². The van der Waals surface area contributed by atoms with Crippen molar-refractivity contribution in [1.29, 1.82) is 0 Å². The Morgan fingerprint density at radius 1 is 0.867 bits per heavy atom. The number of fused-ring (bicyclic) bond motifs is 1. The Morgan fingerprint density at radius 3 is 2.37 bits per heavy atom. The van der Waals surface area contributed by atoms with Crippen LogP contribution in [0.15, 0.2) is 73.4 Å². The largest absolute Gasteiger partial charge is 0.336 e. The van der Waals surface area contributed by atoms with E-state index in [2.05, 4.69) is 19.9 Å². The summed E-state index contributed by atoms with van der Waals surface area (Å²) in [7, 11) is 0. The molecule has 7 nitrogen and oxygen atoms in total. The molecule has 1 amide bonds. The minimum absolute atomic E-state index is 0.0597. The van der Waals surface area contributed by atoms with Crippen molar-refractivity contribution < 1.29 is 4.79 Å². The quantitative estimate of drug-likeness (QED) is 0.529. The van der Waals surface area contributed by atoms with Gasteiger partial charge in [-0.15, -0.1) is 0 Å². The molecule has 0 spiro atoms. The van der Waals surface area contributed by atoms with E-state index in [1.54, 1.807) is 18.5 Å². The zero-order chi connectivity index (χ0) is 20.3. The number of carbonyl (C=O) groups excluding carboxylic acids is 1. The minimum atomic E-state index is 0.0597. The first-order valence-corrected chi connectivity index (χ1v) is 10.1. The lowest BCUT2D eigenvalue weighted by atomic mass is 10.1. The van der Waals surface area contributed by atoms with Gasteiger partial charge in [-0.25, -0.2) is 9.97 Å². The number of benzene rings is 1. The van der Waals surface area contributed by atoms with Crippen LogP contribution < -0.4 is 0 Å². The Morgan fingerprint density at radius 2 is 1.60 bits per heavy atom. The molecule has 4 aromatic rings. The van der Waals surface area contributed by atoms with Gasteiger partial charge in [0.1, 0.15) is 0 Å². The van der Waals surface area contributed by atoms with Crippen LogP contribution in [0.3, 0.4) is 0 Å². The maximum absolute atomic E-state index is 13.4. The normalized spacial score (nSPS) is 14.9. The standard InChI is InChI=1S/C23H22N6O/c30-22(28-14-12-27(13-15-28)16-18-6-10-24-11-7-18)20-17-29(23-25-8-3-9-26-23)21-5-2-1-4-19(20)21/h1-11,17H,12-16H2. The molecule has 5 rings (SSSR count). The molecule has 0 radical (unpaired) electrons. The van der Waals surface area contributed by atoms with E-state index in [1.807, 2.05) is 64.5 Å². The summed E-state index contributed by atoms with van der Waals surface area (Å²) in [5, 5.41) is 0.925. The highest BCUT2D eigenvalue weighted by Gasteiger charge is 2.25. The highest BCUT2D eigenvalue weighted by atomic mass is 16.2. The number of rotatable bonds is 4. The molecular weight excluding hydrogens is 376 g/mol. The summed E-state index contributed by atoms with van der Waals surface area (Å²) in [4.78, 5) is 30.5. The van der Waals surface area contributed by atoms with Crippen molar-refractivity contribution >= 4 is 16.8 Å². The first kappa shape index (κ1) is 18.4. The van der Waals surface area contributed by atoms with Crippen LogP contribution in [0.2, 0.25) is 0 Å². The molecule has 0 bridgehead atoms. The van der Waals surface area contributed by atoms with Gasteiger partial charge in [-0.3, -0.25) is 19.2 Å². The zero-order valence-corrected chi connectivity index (χ0v) is 16.6. The summed E-state index contributed by atoms with van der Waals surface area (Å²) in [6, 6.07) is 13.8. The summed E-state index contributed by atoms with van der Waals surface area (Å²) < 4.78 is 1.89. The fourth-order valence-electron chi connectivity index (χ4n) is 3.96. The lowest BCUT2D eigenvalue weighted by Crippen LogP contribution is -2.48. The second-order valence-electron chi connectivity index (χ2n) is 7.40. The minimum Gasteiger partial charge on any atom is -0.336 e. The Kier molecular flexibility index (Phi) is 4.94. The van der Waals surface area contributed by atoms with Gasteiger partial charge in [-0.1, -0.05) is 18.2 Å². The van der Waals surface area contributed by atoms with Gasteiger partial charge in [0.25, 0.3) is 5.91 Å². The van der Waals surface area contributed by atoms with Crippen molar-refractivity contribution in [2.45, 2.75) is 6.54 Å². The third kappa shape index (κ3) is 3.55. The first-order chi connectivity index (χ1) is 14.8. The van der Waals surface area contributed by atoms with Gasteiger partial charge in [0.2, 0.25) is 5.95 Å². The first-order valence-electron chi connectivity index (χ1n) is 10.1. The number of pyridine rings is 1. The van der Waals surface area contributed by atoms with E-state index < -0.39 is 0 Å². The van der Waals surface area contributed by atoms with E-state index >= 15 is 0 Å². The van der Waals surface area contributed by atoms with Crippen molar-refractivity contribution in [3.63, 3.8) is 0 Å². The second kappa shape index (κ2) is 8.04. The molecule has 0 atom stereocenters. The smallest absolute Gasteiger partial charge is 0.256 e. The molecule has 4 heterocycles. The zero-order valence-electron chi connectivity index (χ0n) is 16.6. The number of carbonyl (C=O) groups is 1. The molecule has 1 aromatic carbocycles. The third-order valence-corrected chi connectivity index (χ3v) is 5.53. The van der Waals surface area contributed by atoms with Crippen molar-refractivity contribution in [2.24, 2.45) is 0 Å². The molecule has 30 heavy (non-hydrogen) atoms. The van der Waals surface area contributed by atoms with Gasteiger partial charge in [-0.2, -0.15) is 0 Å². The molecule has 0 aliphatic carbocycles. The fourth-order valence-corrected chi connectivity index (χ4v) is 3.96. The van der Waals surface area contributed by atoms with Crippen LogP contribution in [-0.2, 0) is 6.54 Å². The topological polar surface area (TPSA) is 67.2 Å². The van der Waals surface area contributed by atoms with Crippen LogP contribution in [0.4, 0.5) is 0 Å². The van der Waals surface area contributed by atoms with Crippen LogP contribution >= 0.6 is 0 Å². The second-order valence-corrected chi connectivity index (χ2v) is 7.40. The SMILES string of the molecule is O=C(c1cn(-c2ncccn2)c2ccccc12)N1CCN(Cc2ccncc2)CC1. The van der Waals surface area contributed by atoms with E-state index in [1.165, 1.54) is 5.56 Å². The van der Waals surface area contributed by atoms with E-state index in [9.17, 15) is 4.79 Å². The predicted octanol–water partition coefficient (Wildman–Crippen LogP) is 2.77. The average Bonchev–Trinajstić information content (AvgIpc) is 3.20. The molecule has 1 aliphatic heterocycles. The van der Waals surface area contributed by atoms with Crippen LogP contribution in [0.25, 0.3) is 16.9 Å². The maximum Gasteiger partial charge on any atom is 0.256 e. The molecule has 7 heteroatoms. The van der Waals surface area contributed by atoms with Crippen LogP contribution in [0.1, 0.15) is 15.9 Å². The number of hydrogen-bond donors (Lipinski definition) is 0. The average molecular weight is 398 g/mol. The fraction of sp³-hybridized carbons (Fsp3) is 0.217. The van der Waals surface area contributed by atoms with Crippen molar-refractivity contribution in [3.8, 4) is 5.95 Å². The Bertz CT molecular complexity index is 1150. The summed E-state index contributed by atoms with van der Waals surface area (Å²) in [5.41, 5.74) is 2.87. The molecule has 1 aliphatic rings. The van der Waals surface area contributed by atoms with Gasteiger partial charge >= 0.3 is 0 Å². The Labute approximate surface area is 174 Å². The molecule has 0 unspecified atom stereocenters. The summed E-state index contributed by atoms with van der Waals surface area (Å²) in [6.07, 6.45) is 8.93. The summed E-state index contributed by atoms with van der Waals surface area (Å²) in [6.45, 7) is 4.02. The molecule has 0 N–H and O–H groups in total. The number of hydrogen-bond acceptors (Lipinski definition) is 5. The molecular formula is C23H22N6O. The maximum atomic E-state index is 13.4. The van der Waals surface area contributed by atoms with Gasteiger partial charge in [0.05, 0.1) is 11.1 Å². The highest BCUT2D eigenvalue weighted by Crippen LogP contribution is 2.25. The molecule has 1 saturated heterocycles. The number of amides is 1. The van der Waals surface area contributed by atoms with Crippen molar-refractivity contribution in [2.75, 3.05) is 26.2 Å². The van der Waals surface area contributed by atoms with Gasteiger partial charge in [-0.05, 0) is 29.8 Å². The Hall–Kier alpha value is -3.58. The van der Waals surface area contributed by atoms with Crippen LogP contribution in [-0.4, -0.2) is 61.4 Å². The number of aromatic nitrogens is 4. The molecule has 1 fully saturated rings. The number of para-hydroxylation sites is 1. The van der Waals surface area contributed by atoms with Crippen LogP contribution in [0.5, 0.6) is 0 Å². The van der Waals surface area contributed by atoms with Crippen LogP contribution in [0, 0.1) is 0 Å². The number of piperazine rings is 1. The lowest BCUT2D eigenvalue weighted by molar-refractivity contribution is 0.0630. The highest BCUT2D eigenvalue weighted by molar-refractivity contribution is 6.07. The van der Waals surface area contributed by atoms with E-state index in [4.69, 9.17) is 0 Å². The van der Waals surface area contributed by atoms with Gasteiger partial charge in [0.15, 0.2) is 0 Å². The van der Waals surface area contributed by atoms with Crippen molar-refractivity contribution in [3.05, 3.63) is 84.6 Å². The summed E-state index contributed by atoms with van der Waals surface area (Å²) >= 11 is 0. The van der Waals surface area contributed by atoms with E-state index in [0.717, 1.165) is 30.5 Å². The van der Waals surface area contributed by atoms with E-state index in [-0.39, 0.29) is 5.91 Å². The molecule has 0 saturated carbocycles. The monoisotopic (exact) mass is 398 g/mol. The summed E-state index contributed by atoms with van der Waals surface area (Å²) in [5.74, 6) is 0.624. The van der Waals surface area contributed by atoms with Gasteiger partial charge < -0.3 is 4.90 Å².